The Kier molecular flexibility index (Phi) is 5.61. The van der Waals surface area contributed by atoms with Crippen molar-refractivity contribution in [2.24, 2.45) is 0 Å². The van der Waals surface area contributed by atoms with E-state index in [1.165, 1.54) is 0 Å². The fourth-order valence-electron chi connectivity index (χ4n) is 2.41. The number of carbonyl (C=O) groups excluding carboxylic acids is 1. The molecular formula is C16H22BrClN2O2. The zero-order valence-electron chi connectivity index (χ0n) is 13.2. The number of halogens is 2. The standard InChI is InChI=1S/C16H22BrClN2O2/c1-16(2,3)22-15(21)20-8-4-5-12(10-20)19-11-6-7-14(18)13(17)9-11/h6-7,9,12,19H,4-5,8,10H2,1-3H3. The van der Waals surface area contributed by atoms with Gasteiger partial charge in [-0.05, 0) is 67.7 Å². The molecule has 1 N–H and O–H groups in total. The number of rotatable bonds is 2. The predicted molar refractivity (Wildman–Crippen MR) is 93.6 cm³/mol. The third-order valence-corrected chi connectivity index (χ3v) is 4.58. The lowest BCUT2D eigenvalue weighted by atomic mass is 10.1. The lowest BCUT2D eigenvalue weighted by Crippen LogP contribution is -2.46. The summed E-state index contributed by atoms with van der Waals surface area (Å²) in [5.74, 6) is 0. The summed E-state index contributed by atoms with van der Waals surface area (Å²) in [7, 11) is 0. The van der Waals surface area contributed by atoms with Crippen molar-refractivity contribution in [1.29, 1.82) is 0 Å². The molecule has 0 aromatic heterocycles. The van der Waals surface area contributed by atoms with Crippen LogP contribution >= 0.6 is 27.5 Å². The summed E-state index contributed by atoms with van der Waals surface area (Å²) in [4.78, 5) is 13.9. The third kappa shape index (κ3) is 5.06. The van der Waals surface area contributed by atoms with Crippen molar-refractivity contribution in [1.82, 2.24) is 4.90 Å². The first-order chi connectivity index (χ1) is 10.2. The number of hydrogen-bond donors (Lipinski definition) is 1. The molecule has 0 saturated carbocycles. The number of ether oxygens (including phenoxy) is 1. The highest BCUT2D eigenvalue weighted by molar-refractivity contribution is 9.10. The molecule has 22 heavy (non-hydrogen) atoms. The molecular weight excluding hydrogens is 368 g/mol. The van der Waals surface area contributed by atoms with Crippen LogP contribution in [0.4, 0.5) is 10.5 Å². The molecule has 1 aromatic carbocycles. The van der Waals surface area contributed by atoms with Crippen LogP contribution in [-0.4, -0.2) is 35.7 Å². The monoisotopic (exact) mass is 388 g/mol. The molecule has 1 atom stereocenters. The summed E-state index contributed by atoms with van der Waals surface area (Å²) < 4.78 is 6.30. The second-order valence-electron chi connectivity index (χ2n) is 6.54. The lowest BCUT2D eigenvalue weighted by molar-refractivity contribution is 0.0206. The molecule has 2 rings (SSSR count). The third-order valence-electron chi connectivity index (χ3n) is 3.36. The number of nitrogens with zero attached hydrogens (tertiary/aromatic N) is 1. The van der Waals surface area contributed by atoms with Crippen molar-refractivity contribution in [3.63, 3.8) is 0 Å². The molecule has 1 fully saturated rings. The summed E-state index contributed by atoms with van der Waals surface area (Å²) in [6, 6.07) is 5.96. The largest absolute Gasteiger partial charge is 0.444 e. The second-order valence-corrected chi connectivity index (χ2v) is 7.80. The van der Waals surface area contributed by atoms with Crippen LogP contribution < -0.4 is 5.32 Å². The van der Waals surface area contributed by atoms with E-state index < -0.39 is 5.60 Å². The number of benzene rings is 1. The van der Waals surface area contributed by atoms with Crippen LogP contribution in [0.5, 0.6) is 0 Å². The molecule has 0 bridgehead atoms. The highest BCUT2D eigenvalue weighted by atomic mass is 79.9. The van der Waals surface area contributed by atoms with Crippen molar-refractivity contribution in [2.45, 2.75) is 45.3 Å². The molecule has 1 aliphatic rings. The smallest absolute Gasteiger partial charge is 0.410 e. The van der Waals surface area contributed by atoms with E-state index in [4.69, 9.17) is 16.3 Å². The molecule has 1 saturated heterocycles. The van der Waals surface area contributed by atoms with Crippen molar-refractivity contribution >= 4 is 39.3 Å². The minimum atomic E-state index is -0.460. The zero-order chi connectivity index (χ0) is 16.3. The van der Waals surface area contributed by atoms with Gasteiger partial charge in [0.25, 0.3) is 0 Å². The van der Waals surface area contributed by atoms with E-state index in [1.54, 1.807) is 4.90 Å². The van der Waals surface area contributed by atoms with E-state index in [2.05, 4.69) is 21.2 Å². The average molecular weight is 390 g/mol. The maximum absolute atomic E-state index is 12.2. The fraction of sp³-hybridized carbons (Fsp3) is 0.562. The van der Waals surface area contributed by atoms with E-state index in [9.17, 15) is 4.79 Å². The Morgan fingerprint density at radius 3 is 2.82 bits per heavy atom. The molecule has 1 heterocycles. The van der Waals surface area contributed by atoms with Crippen LogP contribution in [0, 0.1) is 0 Å². The van der Waals surface area contributed by atoms with Gasteiger partial charge < -0.3 is 15.0 Å². The van der Waals surface area contributed by atoms with E-state index >= 15 is 0 Å². The molecule has 0 aliphatic carbocycles. The van der Waals surface area contributed by atoms with Gasteiger partial charge in [-0.1, -0.05) is 11.6 Å². The van der Waals surface area contributed by atoms with Crippen molar-refractivity contribution < 1.29 is 9.53 Å². The molecule has 1 aromatic rings. The number of nitrogens with one attached hydrogen (secondary N) is 1. The Labute approximate surface area is 145 Å². The second kappa shape index (κ2) is 7.09. The predicted octanol–water partition coefficient (Wildman–Crippen LogP) is 4.91. The van der Waals surface area contributed by atoms with Gasteiger partial charge in [-0.15, -0.1) is 0 Å². The Hall–Kier alpha value is -0.940. The van der Waals surface area contributed by atoms with Gasteiger partial charge in [0.1, 0.15) is 5.60 Å². The van der Waals surface area contributed by atoms with E-state index in [-0.39, 0.29) is 12.1 Å². The number of carbonyl (C=O) groups is 1. The highest BCUT2D eigenvalue weighted by Crippen LogP contribution is 2.27. The SMILES string of the molecule is CC(C)(C)OC(=O)N1CCCC(Nc2ccc(Cl)c(Br)c2)C1. The first kappa shape index (κ1) is 17.4. The summed E-state index contributed by atoms with van der Waals surface area (Å²) >= 11 is 9.43. The van der Waals surface area contributed by atoms with Gasteiger partial charge in [-0.2, -0.15) is 0 Å². The Morgan fingerprint density at radius 1 is 1.45 bits per heavy atom. The van der Waals surface area contributed by atoms with Crippen molar-refractivity contribution in [3.8, 4) is 0 Å². The van der Waals surface area contributed by atoms with Gasteiger partial charge in [0.15, 0.2) is 0 Å². The van der Waals surface area contributed by atoms with Crippen LogP contribution in [0.15, 0.2) is 22.7 Å². The Balaban J connectivity index is 1.95. The normalized spacial score (nSPS) is 19.0. The molecule has 0 spiro atoms. The molecule has 1 amide bonds. The molecule has 1 unspecified atom stereocenters. The maximum atomic E-state index is 12.2. The van der Waals surface area contributed by atoms with Gasteiger partial charge in [-0.3, -0.25) is 0 Å². The number of hydrogen-bond acceptors (Lipinski definition) is 3. The molecule has 4 nitrogen and oxygen atoms in total. The van der Waals surface area contributed by atoms with Crippen LogP contribution in [0.25, 0.3) is 0 Å². The Morgan fingerprint density at radius 2 is 2.18 bits per heavy atom. The lowest BCUT2D eigenvalue weighted by Gasteiger charge is -2.34. The first-order valence-electron chi connectivity index (χ1n) is 7.44. The molecule has 0 radical (unpaired) electrons. The van der Waals surface area contributed by atoms with E-state index in [1.807, 2.05) is 39.0 Å². The average Bonchev–Trinajstić information content (AvgIpc) is 2.41. The van der Waals surface area contributed by atoms with Crippen molar-refractivity contribution in [2.75, 3.05) is 18.4 Å². The van der Waals surface area contributed by atoms with Gasteiger partial charge in [0, 0.05) is 29.3 Å². The van der Waals surface area contributed by atoms with Crippen molar-refractivity contribution in [3.05, 3.63) is 27.7 Å². The zero-order valence-corrected chi connectivity index (χ0v) is 15.5. The number of likely N-dealkylation sites (tertiary alicyclic amines) is 1. The summed E-state index contributed by atoms with van der Waals surface area (Å²) in [5, 5.41) is 4.14. The fourth-order valence-corrected chi connectivity index (χ4v) is 2.91. The van der Waals surface area contributed by atoms with Crippen LogP contribution in [0.1, 0.15) is 33.6 Å². The van der Waals surface area contributed by atoms with E-state index in [0.717, 1.165) is 29.5 Å². The van der Waals surface area contributed by atoms with Crippen LogP contribution in [0.2, 0.25) is 5.02 Å². The minimum Gasteiger partial charge on any atom is -0.444 e. The molecule has 1 aliphatic heterocycles. The van der Waals surface area contributed by atoms with Gasteiger partial charge in [-0.25, -0.2) is 4.79 Å². The van der Waals surface area contributed by atoms with Crippen LogP contribution in [-0.2, 0) is 4.74 Å². The van der Waals surface area contributed by atoms with Gasteiger partial charge in [0.2, 0.25) is 0 Å². The maximum Gasteiger partial charge on any atom is 0.410 e. The molecule has 122 valence electrons. The van der Waals surface area contributed by atoms with Gasteiger partial charge >= 0.3 is 6.09 Å². The Bertz CT molecular complexity index is 545. The number of amides is 1. The topological polar surface area (TPSA) is 41.6 Å². The number of piperidine rings is 1. The van der Waals surface area contributed by atoms with Gasteiger partial charge in [0.05, 0.1) is 5.02 Å². The quantitative estimate of drug-likeness (QED) is 0.781. The summed E-state index contributed by atoms with van der Waals surface area (Å²) in [5.41, 5.74) is 0.533. The molecule has 6 heteroatoms. The highest BCUT2D eigenvalue weighted by Gasteiger charge is 2.27. The summed E-state index contributed by atoms with van der Waals surface area (Å²) in [6.07, 6.45) is 1.75. The summed E-state index contributed by atoms with van der Waals surface area (Å²) in [6.45, 7) is 7.05. The first-order valence-corrected chi connectivity index (χ1v) is 8.61. The van der Waals surface area contributed by atoms with E-state index in [0.29, 0.717) is 11.6 Å². The minimum absolute atomic E-state index is 0.217. The number of anilines is 1. The van der Waals surface area contributed by atoms with Crippen LogP contribution in [0.3, 0.4) is 0 Å².